The van der Waals surface area contributed by atoms with Crippen molar-refractivity contribution in [3.05, 3.63) is 11.0 Å². The zero-order valence-corrected chi connectivity index (χ0v) is 6.97. The lowest BCUT2D eigenvalue weighted by molar-refractivity contribution is -0.112. The van der Waals surface area contributed by atoms with Gasteiger partial charge in [-0.25, -0.2) is 0 Å². The fourth-order valence-corrected chi connectivity index (χ4v) is 1.89. The number of hydrogen-bond acceptors (Lipinski definition) is 4. The first kappa shape index (κ1) is 8.84. The van der Waals surface area contributed by atoms with Gasteiger partial charge >= 0.3 is 7.12 Å². The Morgan fingerprint density at radius 3 is 2.73 bits per heavy atom. The molecule has 1 unspecified atom stereocenters. The zero-order chi connectivity index (χ0) is 8.43. The third kappa shape index (κ3) is 2.08. The largest absolute Gasteiger partial charge is 0.466 e. The third-order valence-corrected chi connectivity index (χ3v) is 2.94. The summed E-state index contributed by atoms with van der Waals surface area (Å²) in [6.07, 6.45) is 2.31. The van der Waals surface area contributed by atoms with E-state index in [1.54, 1.807) is 6.08 Å². The topological polar surface area (TPSA) is 57.5 Å². The second-order valence-corrected chi connectivity index (χ2v) is 3.71. The number of allylic oxidation sites excluding steroid dienone is 2. The van der Waals surface area contributed by atoms with Crippen LogP contribution in [0.1, 0.15) is 13.3 Å². The van der Waals surface area contributed by atoms with Crippen LogP contribution in [0.3, 0.4) is 0 Å². The minimum absolute atomic E-state index is 0.00171. The molecule has 3 nitrogen and oxygen atoms in total. The van der Waals surface area contributed by atoms with Crippen LogP contribution in [-0.4, -0.2) is 28.1 Å². The van der Waals surface area contributed by atoms with Crippen LogP contribution in [-0.2, 0) is 4.79 Å². The summed E-state index contributed by atoms with van der Waals surface area (Å²) in [5.74, 6) is -0.00171. The number of thioether (sulfide) groups is 1. The van der Waals surface area contributed by atoms with E-state index in [0.29, 0.717) is 11.3 Å². The monoisotopic (exact) mass is 172 g/mol. The van der Waals surface area contributed by atoms with Crippen LogP contribution in [0, 0.1) is 0 Å². The van der Waals surface area contributed by atoms with Crippen molar-refractivity contribution in [2.45, 2.75) is 18.5 Å². The van der Waals surface area contributed by atoms with Crippen molar-refractivity contribution in [2.75, 3.05) is 0 Å². The molecule has 1 aliphatic rings. The van der Waals surface area contributed by atoms with Gasteiger partial charge in [0.15, 0.2) is 5.78 Å². The van der Waals surface area contributed by atoms with E-state index in [2.05, 4.69) is 0 Å². The maximum absolute atomic E-state index is 10.8. The molecule has 0 spiro atoms. The van der Waals surface area contributed by atoms with Crippen LogP contribution in [0.15, 0.2) is 11.0 Å². The Kier molecular flexibility index (Phi) is 2.75. The van der Waals surface area contributed by atoms with Gasteiger partial charge in [-0.3, -0.25) is 4.79 Å². The molecule has 0 amide bonds. The Balaban J connectivity index is 2.49. The van der Waals surface area contributed by atoms with E-state index in [1.165, 1.54) is 18.7 Å². The van der Waals surface area contributed by atoms with Gasteiger partial charge in [0.1, 0.15) is 0 Å². The van der Waals surface area contributed by atoms with Gasteiger partial charge in [-0.05, 0) is 13.3 Å². The molecule has 0 saturated heterocycles. The maximum Gasteiger partial charge on any atom is 0.466 e. The fraction of sp³-hybridized carbons (Fsp3) is 0.500. The summed E-state index contributed by atoms with van der Waals surface area (Å²) >= 11 is 1.24. The summed E-state index contributed by atoms with van der Waals surface area (Å²) < 4.78 is 0. The molecule has 1 rings (SSSR count). The molecule has 60 valence electrons. The Labute approximate surface area is 69.6 Å². The molecule has 0 aromatic rings. The predicted molar refractivity (Wildman–Crippen MR) is 45.0 cm³/mol. The molecule has 0 radical (unpaired) electrons. The van der Waals surface area contributed by atoms with Gasteiger partial charge in [0, 0.05) is 10.1 Å². The van der Waals surface area contributed by atoms with Crippen molar-refractivity contribution < 1.29 is 14.8 Å². The van der Waals surface area contributed by atoms with Crippen molar-refractivity contribution in [2.24, 2.45) is 0 Å². The Morgan fingerprint density at radius 2 is 2.45 bits per heavy atom. The third-order valence-electron chi connectivity index (χ3n) is 1.49. The second kappa shape index (κ2) is 3.43. The van der Waals surface area contributed by atoms with Gasteiger partial charge in [-0.1, -0.05) is 6.08 Å². The summed E-state index contributed by atoms with van der Waals surface area (Å²) in [4.78, 5) is 11.4. The summed E-state index contributed by atoms with van der Waals surface area (Å²) in [7, 11) is -1.33. The lowest BCUT2D eigenvalue weighted by atomic mass is 9.84. The van der Waals surface area contributed by atoms with Crippen molar-refractivity contribution in [1.82, 2.24) is 0 Å². The summed E-state index contributed by atoms with van der Waals surface area (Å²) in [6, 6.07) is 0. The van der Waals surface area contributed by atoms with Crippen molar-refractivity contribution in [3.8, 4) is 0 Å². The molecule has 2 N–H and O–H groups in total. The zero-order valence-electron chi connectivity index (χ0n) is 6.15. The molecule has 0 aliphatic carbocycles. The number of carbonyl (C=O) groups is 1. The molecular weight excluding hydrogens is 163 g/mol. The average molecular weight is 172 g/mol. The molecule has 0 fully saturated rings. The van der Waals surface area contributed by atoms with E-state index in [4.69, 9.17) is 10.0 Å². The van der Waals surface area contributed by atoms with Crippen LogP contribution < -0.4 is 0 Å². The fourth-order valence-electron chi connectivity index (χ4n) is 0.892. The summed E-state index contributed by atoms with van der Waals surface area (Å²) in [5.41, 5.74) is 0. The number of carbonyl (C=O) groups excluding carboxylic acids is 1. The van der Waals surface area contributed by atoms with Crippen LogP contribution >= 0.6 is 11.8 Å². The Hall–Kier alpha value is -0.255. The number of Topliss-reactive ketones (excluding diaryl/α,β-unsaturated/α-hetero) is 1. The molecular formula is C6H9BO3S. The molecule has 1 aliphatic heterocycles. The average Bonchev–Trinajstić information content (AvgIpc) is 2.33. The number of ketones is 1. The minimum atomic E-state index is -1.33. The number of hydrogen-bond donors (Lipinski definition) is 2. The van der Waals surface area contributed by atoms with E-state index >= 15 is 0 Å². The lowest BCUT2D eigenvalue weighted by Crippen LogP contribution is -2.25. The van der Waals surface area contributed by atoms with Gasteiger partial charge in [0.05, 0.1) is 0 Å². The van der Waals surface area contributed by atoms with Crippen molar-refractivity contribution in [3.63, 3.8) is 0 Å². The highest BCUT2D eigenvalue weighted by molar-refractivity contribution is 8.06. The van der Waals surface area contributed by atoms with E-state index in [0.717, 1.165) is 0 Å². The summed E-state index contributed by atoms with van der Waals surface area (Å²) in [5, 5.41) is 17.2. The van der Waals surface area contributed by atoms with Gasteiger partial charge in [-0.15, -0.1) is 11.8 Å². The molecule has 11 heavy (non-hydrogen) atoms. The van der Waals surface area contributed by atoms with Crippen LogP contribution in [0.5, 0.6) is 0 Å². The first-order chi connectivity index (χ1) is 5.11. The van der Waals surface area contributed by atoms with E-state index < -0.39 is 7.12 Å². The molecule has 0 aromatic heterocycles. The second-order valence-electron chi connectivity index (χ2n) is 2.43. The van der Waals surface area contributed by atoms with E-state index in [-0.39, 0.29) is 10.9 Å². The summed E-state index contributed by atoms with van der Waals surface area (Å²) in [6.45, 7) is 1.48. The van der Waals surface area contributed by atoms with Crippen molar-refractivity contribution in [1.29, 1.82) is 0 Å². The smallest absolute Gasteiger partial charge is 0.426 e. The first-order valence-corrected chi connectivity index (χ1v) is 4.23. The molecule has 0 bridgehead atoms. The molecule has 5 heteroatoms. The quantitative estimate of drug-likeness (QED) is 0.574. The van der Waals surface area contributed by atoms with Gasteiger partial charge in [-0.2, -0.15) is 0 Å². The van der Waals surface area contributed by atoms with Crippen LogP contribution in [0.2, 0.25) is 0 Å². The minimum Gasteiger partial charge on any atom is -0.426 e. The molecule has 0 saturated carbocycles. The van der Waals surface area contributed by atoms with Gasteiger partial charge < -0.3 is 10.0 Å². The number of rotatable bonds is 2. The Morgan fingerprint density at radius 1 is 1.82 bits per heavy atom. The normalized spacial score (nSPS) is 23.2. The van der Waals surface area contributed by atoms with E-state index in [9.17, 15) is 4.79 Å². The Bertz CT molecular complexity index is 202. The molecule has 1 atom stereocenters. The van der Waals surface area contributed by atoms with Gasteiger partial charge in [0.2, 0.25) is 0 Å². The highest BCUT2D eigenvalue weighted by atomic mass is 32.2. The van der Waals surface area contributed by atoms with Gasteiger partial charge in [0.25, 0.3) is 0 Å². The lowest BCUT2D eigenvalue weighted by Gasteiger charge is -2.05. The molecule has 1 heterocycles. The molecule has 0 aromatic carbocycles. The predicted octanol–water partition coefficient (Wildman–Crippen LogP) is -0.0232. The highest BCUT2D eigenvalue weighted by Crippen LogP contribution is 2.32. The van der Waals surface area contributed by atoms with Crippen LogP contribution in [0.25, 0.3) is 0 Å². The van der Waals surface area contributed by atoms with Crippen molar-refractivity contribution >= 4 is 24.7 Å². The van der Waals surface area contributed by atoms with Crippen LogP contribution in [0.4, 0.5) is 0 Å². The highest BCUT2D eigenvalue weighted by Gasteiger charge is 2.29. The standard InChI is InChI=1S/C6H9BO3S/c1-4(8)5-2-3-6(11-5)7(9)10/h2,6,9-10H,3H2,1H3. The SMILES string of the molecule is CC(=O)C1=CCC(B(O)O)S1. The van der Waals surface area contributed by atoms with E-state index in [1.807, 2.05) is 0 Å². The first-order valence-electron chi connectivity index (χ1n) is 3.35. The maximum atomic E-state index is 10.8.